The van der Waals surface area contributed by atoms with Gasteiger partial charge in [-0.3, -0.25) is 14.4 Å². The van der Waals surface area contributed by atoms with Crippen molar-refractivity contribution in [1.82, 2.24) is 5.32 Å². The third-order valence-electron chi connectivity index (χ3n) is 2.60. The molecule has 0 aliphatic carbocycles. The minimum atomic E-state index is -0.282. The van der Waals surface area contributed by atoms with E-state index in [9.17, 15) is 14.4 Å². The third kappa shape index (κ3) is 5.48. The van der Waals surface area contributed by atoms with E-state index in [1.54, 1.807) is 30.3 Å². The summed E-state index contributed by atoms with van der Waals surface area (Å²) in [6.45, 7) is 6.54. The quantitative estimate of drug-likeness (QED) is 0.775. The van der Waals surface area contributed by atoms with Crippen LogP contribution in [0.1, 0.15) is 13.8 Å². The highest BCUT2D eigenvalue weighted by atomic mass is 16.2. The molecule has 112 valence electrons. The minimum absolute atomic E-state index is 0.0906. The van der Waals surface area contributed by atoms with Gasteiger partial charge in [-0.1, -0.05) is 12.1 Å². The Kier molecular flexibility index (Phi) is 6.13. The molecular formula is C15H19N3O3. The topological polar surface area (TPSA) is 78.5 Å². The van der Waals surface area contributed by atoms with Gasteiger partial charge in [-0.15, -0.1) is 6.58 Å². The smallest absolute Gasteiger partial charge is 0.240 e. The molecule has 0 saturated carbocycles. The molecule has 0 fully saturated rings. The molecule has 3 amide bonds. The number of hydrogen-bond donors (Lipinski definition) is 2. The van der Waals surface area contributed by atoms with Gasteiger partial charge in [0.15, 0.2) is 0 Å². The van der Waals surface area contributed by atoms with E-state index in [-0.39, 0.29) is 24.3 Å². The molecule has 0 aliphatic rings. The van der Waals surface area contributed by atoms with Crippen LogP contribution in [0.25, 0.3) is 0 Å². The number of carbonyl (C=O) groups excluding carboxylic acids is 3. The summed E-state index contributed by atoms with van der Waals surface area (Å²) in [5, 5.41) is 5.25. The van der Waals surface area contributed by atoms with Crippen molar-refractivity contribution in [2.45, 2.75) is 13.8 Å². The summed E-state index contributed by atoms with van der Waals surface area (Å²) in [7, 11) is 0. The fourth-order valence-corrected chi connectivity index (χ4v) is 1.72. The van der Waals surface area contributed by atoms with Crippen LogP contribution in [0.4, 0.5) is 11.4 Å². The monoisotopic (exact) mass is 289 g/mol. The standard InChI is InChI=1S/C15H19N3O3/c1-4-8-16-15(21)10-18(12(3)20)14-7-5-6-13(9-14)17-11(2)19/h4-7,9H,1,8,10H2,2-3H3,(H,16,21)(H,17,19). The fraction of sp³-hybridized carbons (Fsp3) is 0.267. The van der Waals surface area contributed by atoms with E-state index in [1.807, 2.05) is 0 Å². The summed E-state index contributed by atoms with van der Waals surface area (Å²) >= 11 is 0. The van der Waals surface area contributed by atoms with Crippen molar-refractivity contribution in [3.05, 3.63) is 36.9 Å². The maximum absolute atomic E-state index is 11.7. The summed E-state index contributed by atoms with van der Waals surface area (Å²) in [6, 6.07) is 6.76. The number of anilines is 2. The number of nitrogens with one attached hydrogen (secondary N) is 2. The lowest BCUT2D eigenvalue weighted by Gasteiger charge is -2.21. The molecule has 6 nitrogen and oxygen atoms in total. The van der Waals surface area contributed by atoms with E-state index < -0.39 is 0 Å². The molecular weight excluding hydrogens is 270 g/mol. The Labute approximate surface area is 123 Å². The van der Waals surface area contributed by atoms with Crippen LogP contribution in [-0.2, 0) is 14.4 Å². The van der Waals surface area contributed by atoms with Gasteiger partial charge in [-0.2, -0.15) is 0 Å². The highest BCUT2D eigenvalue weighted by molar-refractivity contribution is 5.98. The van der Waals surface area contributed by atoms with E-state index in [4.69, 9.17) is 0 Å². The van der Waals surface area contributed by atoms with Gasteiger partial charge in [0.1, 0.15) is 6.54 Å². The van der Waals surface area contributed by atoms with Crippen molar-refractivity contribution in [1.29, 1.82) is 0 Å². The van der Waals surface area contributed by atoms with Crippen molar-refractivity contribution in [2.75, 3.05) is 23.3 Å². The summed E-state index contributed by atoms with van der Waals surface area (Å²) in [6.07, 6.45) is 1.56. The van der Waals surface area contributed by atoms with Crippen LogP contribution < -0.4 is 15.5 Å². The minimum Gasteiger partial charge on any atom is -0.351 e. The largest absolute Gasteiger partial charge is 0.351 e. The van der Waals surface area contributed by atoms with Gasteiger partial charge in [0.25, 0.3) is 0 Å². The predicted octanol–water partition coefficient (Wildman–Crippen LogP) is 1.30. The van der Waals surface area contributed by atoms with Gasteiger partial charge < -0.3 is 15.5 Å². The average Bonchev–Trinajstić information content (AvgIpc) is 2.41. The molecule has 6 heteroatoms. The molecule has 2 N–H and O–H groups in total. The second-order valence-electron chi connectivity index (χ2n) is 4.43. The molecule has 21 heavy (non-hydrogen) atoms. The van der Waals surface area contributed by atoms with Crippen LogP contribution >= 0.6 is 0 Å². The van der Waals surface area contributed by atoms with Crippen LogP contribution in [0.2, 0.25) is 0 Å². The maximum Gasteiger partial charge on any atom is 0.240 e. The Hall–Kier alpha value is -2.63. The number of amides is 3. The van der Waals surface area contributed by atoms with Crippen LogP contribution in [0.3, 0.4) is 0 Å². The van der Waals surface area contributed by atoms with Gasteiger partial charge in [0.2, 0.25) is 17.7 Å². The molecule has 0 saturated heterocycles. The Morgan fingerprint density at radius 2 is 2.00 bits per heavy atom. The first kappa shape index (κ1) is 16.4. The van der Waals surface area contributed by atoms with Gasteiger partial charge >= 0.3 is 0 Å². The molecule has 0 bridgehead atoms. The van der Waals surface area contributed by atoms with Crippen molar-refractivity contribution in [2.24, 2.45) is 0 Å². The third-order valence-corrected chi connectivity index (χ3v) is 2.60. The van der Waals surface area contributed by atoms with E-state index in [2.05, 4.69) is 17.2 Å². The first-order chi connectivity index (χ1) is 9.93. The van der Waals surface area contributed by atoms with Crippen molar-refractivity contribution >= 4 is 29.1 Å². The second-order valence-corrected chi connectivity index (χ2v) is 4.43. The molecule has 0 atom stereocenters. The van der Waals surface area contributed by atoms with Gasteiger partial charge in [-0.25, -0.2) is 0 Å². The Bertz CT molecular complexity index is 555. The summed E-state index contributed by atoms with van der Waals surface area (Å²) in [5.74, 6) is -0.746. The number of rotatable bonds is 6. The molecule has 0 aromatic heterocycles. The zero-order valence-electron chi connectivity index (χ0n) is 12.2. The molecule has 1 aromatic carbocycles. The number of nitrogens with zero attached hydrogens (tertiary/aromatic N) is 1. The van der Waals surface area contributed by atoms with Crippen LogP contribution in [0.15, 0.2) is 36.9 Å². The molecule has 1 aromatic rings. The summed E-state index contributed by atoms with van der Waals surface area (Å²) in [4.78, 5) is 35.9. The van der Waals surface area contributed by atoms with E-state index >= 15 is 0 Å². The summed E-state index contributed by atoms with van der Waals surface area (Å²) in [5.41, 5.74) is 1.11. The van der Waals surface area contributed by atoms with Crippen LogP contribution in [-0.4, -0.2) is 30.8 Å². The molecule has 0 radical (unpaired) electrons. The lowest BCUT2D eigenvalue weighted by atomic mass is 10.2. The molecule has 0 spiro atoms. The highest BCUT2D eigenvalue weighted by Gasteiger charge is 2.15. The van der Waals surface area contributed by atoms with E-state index in [0.717, 1.165) is 0 Å². The normalized spacial score (nSPS) is 9.62. The van der Waals surface area contributed by atoms with Gasteiger partial charge in [0, 0.05) is 31.8 Å². The van der Waals surface area contributed by atoms with Crippen molar-refractivity contribution in [3.63, 3.8) is 0 Å². The Morgan fingerprint density at radius 3 is 2.57 bits per heavy atom. The molecule has 0 unspecified atom stereocenters. The first-order valence-corrected chi connectivity index (χ1v) is 6.47. The average molecular weight is 289 g/mol. The first-order valence-electron chi connectivity index (χ1n) is 6.47. The summed E-state index contributed by atoms with van der Waals surface area (Å²) < 4.78 is 0. The lowest BCUT2D eigenvalue weighted by molar-refractivity contribution is -0.122. The van der Waals surface area contributed by atoms with Crippen LogP contribution in [0.5, 0.6) is 0 Å². The maximum atomic E-state index is 11.7. The van der Waals surface area contributed by atoms with Crippen molar-refractivity contribution < 1.29 is 14.4 Å². The highest BCUT2D eigenvalue weighted by Crippen LogP contribution is 2.19. The van der Waals surface area contributed by atoms with Crippen molar-refractivity contribution in [3.8, 4) is 0 Å². The van der Waals surface area contributed by atoms with Crippen LogP contribution in [0, 0.1) is 0 Å². The fourth-order valence-electron chi connectivity index (χ4n) is 1.72. The lowest BCUT2D eigenvalue weighted by Crippen LogP contribution is -2.39. The molecule has 1 rings (SSSR count). The van der Waals surface area contributed by atoms with E-state index in [1.165, 1.54) is 18.7 Å². The Morgan fingerprint density at radius 1 is 1.29 bits per heavy atom. The predicted molar refractivity (Wildman–Crippen MR) is 82.0 cm³/mol. The number of hydrogen-bond acceptors (Lipinski definition) is 3. The Balaban J connectivity index is 2.90. The number of carbonyl (C=O) groups is 3. The second kappa shape index (κ2) is 7.84. The zero-order valence-corrected chi connectivity index (χ0v) is 12.2. The van der Waals surface area contributed by atoms with Gasteiger partial charge in [-0.05, 0) is 18.2 Å². The zero-order chi connectivity index (χ0) is 15.8. The SMILES string of the molecule is C=CCNC(=O)CN(C(C)=O)c1cccc(NC(C)=O)c1. The molecule has 0 aliphatic heterocycles. The molecule has 0 heterocycles. The van der Waals surface area contributed by atoms with E-state index in [0.29, 0.717) is 17.9 Å². The number of benzene rings is 1. The van der Waals surface area contributed by atoms with Gasteiger partial charge in [0.05, 0.1) is 0 Å².